The van der Waals surface area contributed by atoms with Crippen LogP contribution in [0, 0.1) is 26.7 Å². The number of amides is 2. The van der Waals surface area contributed by atoms with Crippen LogP contribution in [0.2, 0.25) is 0 Å². The molecule has 0 saturated carbocycles. The first-order chi connectivity index (χ1) is 17.4. The van der Waals surface area contributed by atoms with Crippen molar-refractivity contribution in [2.45, 2.75) is 33.6 Å². The second kappa shape index (κ2) is 9.85. The smallest absolute Gasteiger partial charge is 0.259 e. The number of hydrogen-bond acceptors (Lipinski definition) is 3. The Morgan fingerprint density at radius 3 is 2.25 bits per heavy atom. The molecular weight excluding hydrogens is 450 g/mol. The first-order valence-corrected chi connectivity index (χ1v) is 12.4. The Morgan fingerprint density at radius 2 is 1.58 bits per heavy atom. The van der Waals surface area contributed by atoms with Gasteiger partial charge in [-0.25, -0.2) is 4.68 Å². The van der Waals surface area contributed by atoms with Crippen molar-refractivity contribution in [2.75, 3.05) is 18.4 Å². The van der Waals surface area contributed by atoms with Gasteiger partial charge in [-0.15, -0.1) is 0 Å². The number of nitrogens with one attached hydrogen (secondary N) is 1. The van der Waals surface area contributed by atoms with Crippen LogP contribution < -0.4 is 5.32 Å². The predicted octanol–water partition coefficient (Wildman–Crippen LogP) is 5.08. The van der Waals surface area contributed by atoms with Crippen molar-refractivity contribution in [1.29, 1.82) is 0 Å². The van der Waals surface area contributed by atoms with Gasteiger partial charge in [-0.1, -0.05) is 24.3 Å². The van der Waals surface area contributed by atoms with Gasteiger partial charge in [-0.3, -0.25) is 9.59 Å². The van der Waals surface area contributed by atoms with Gasteiger partial charge in [0.1, 0.15) is 5.56 Å². The van der Waals surface area contributed by atoms with Gasteiger partial charge in [0.05, 0.1) is 11.4 Å². The van der Waals surface area contributed by atoms with E-state index in [4.69, 9.17) is 5.10 Å². The van der Waals surface area contributed by atoms with E-state index in [0.717, 1.165) is 22.8 Å². The molecule has 7 heteroatoms. The number of para-hydroxylation sites is 1. The summed E-state index contributed by atoms with van der Waals surface area (Å²) in [6.07, 6.45) is 5.12. The van der Waals surface area contributed by atoms with Crippen molar-refractivity contribution >= 4 is 17.5 Å². The van der Waals surface area contributed by atoms with Crippen molar-refractivity contribution in [3.63, 3.8) is 0 Å². The Bertz CT molecular complexity index is 1380. The summed E-state index contributed by atoms with van der Waals surface area (Å²) in [5.74, 6) is 0.578. The summed E-state index contributed by atoms with van der Waals surface area (Å²) in [6.45, 7) is 7.04. The molecule has 2 aromatic heterocycles. The Kier molecular flexibility index (Phi) is 6.46. The molecule has 0 atom stereocenters. The Morgan fingerprint density at radius 1 is 0.889 bits per heavy atom. The van der Waals surface area contributed by atoms with E-state index in [0.29, 0.717) is 37.2 Å². The Hall–Kier alpha value is -4.13. The van der Waals surface area contributed by atoms with Crippen LogP contribution in [-0.4, -0.2) is 44.2 Å². The van der Waals surface area contributed by atoms with Gasteiger partial charge in [-0.2, -0.15) is 5.10 Å². The monoisotopic (exact) mass is 481 g/mol. The molecule has 5 rings (SSSR count). The summed E-state index contributed by atoms with van der Waals surface area (Å²) >= 11 is 0. The fourth-order valence-electron chi connectivity index (χ4n) is 4.80. The van der Waals surface area contributed by atoms with Crippen LogP contribution in [0.25, 0.3) is 11.5 Å². The number of anilines is 1. The summed E-state index contributed by atoms with van der Waals surface area (Å²) in [7, 11) is 0. The van der Waals surface area contributed by atoms with Gasteiger partial charge in [0.25, 0.3) is 5.91 Å². The van der Waals surface area contributed by atoms with Crippen molar-refractivity contribution in [3.8, 4) is 11.5 Å². The highest BCUT2D eigenvalue weighted by molar-refractivity contribution is 5.99. The summed E-state index contributed by atoms with van der Waals surface area (Å²) in [4.78, 5) is 28.5. The van der Waals surface area contributed by atoms with Crippen LogP contribution in [0.15, 0.2) is 73.1 Å². The number of likely N-dealkylation sites (tertiary alicyclic amines) is 1. The van der Waals surface area contributed by atoms with Crippen LogP contribution in [0.1, 0.15) is 40.0 Å². The fraction of sp³-hybridized carbons (Fsp3) is 0.276. The summed E-state index contributed by atoms with van der Waals surface area (Å²) in [6, 6.07) is 19.7. The topological polar surface area (TPSA) is 72.2 Å². The second-order valence-corrected chi connectivity index (χ2v) is 9.48. The van der Waals surface area contributed by atoms with Gasteiger partial charge < -0.3 is 14.8 Å². The highest BCUT2D eigenvalue weighted by Gasteiger charge is 2.32. The fourth-order valence-corrected chi connectivity index (χ4v) is 4.80. The molecule has 1 aliphatic rings. The van der Waals surface area contributed by atoms with E-state index < -0.39 is 0 Å². The Balaban J connectivity index is 1.34. The highest BCUT2D eigenvalue weighted by Crippen LogP contribution is 2.27. The molecule has 1 aliphatic heterocycles. The third kappa shape index (κ3) is 4.56. The van der Waals surface area contributed by atoms with E-state index in [1.807, 2.05) is 101 Å². The second-order valence-electron chi connectivity index (χ2n) is 9.48. The van der Waals surface area contributed by atoms with Crippen LogP contribution in [0.4, 0.5) is 5.69 Å². The average Bonchev–Trinajstić information content (AvgIpc) is 3.54. The maximum absolute atomic E-state index is 13.8. The van der Waals surface area contributed by atoms with Crippen molar-refractivity contribution < 1.29 is 9.59 Å². The van der Waals surface area contributed by atoms with E-state index in [-0.39, 0.29) is 17.7 Å². The van der Waals surface area contributed by atoms with Crippen molar-refractivity contribution in [2.24, 2.45) is 5.92 Å². The van der Waals surface area contributed by atoms with E-state index >= 15 is 0 Å². The molecule has 0 unspecified atom stereocenters. The largest absolute Gasteiger partial charge is 0.338 e. The lowest BCUT2D eigenvalue weighted by molar-refractivity contribution is -0.121. The Labute approximate surface area is 211 Å². The third-order valence-electron chi connectivity index (χ3n) is 7.03. The molecule has 0 aliphatic carbocycles. The molecule has 4 aromatic rings. The maximum atomic E-state index is 13.8. The number of rotatable bonds is 5. The lowest BCUT2D eigenvalue weighted by Crippen LogP contribution is -2.41. The molecule has 3 heterocycles. The summed E-state index contributed by atoms with van der Waals surface area (Å²) in [5, 5.41) is 7.79. The molecule has 7 nitrogen and oxygen atoms in total. The molecular formula is C29H31N5O2. The van der Waals surface area contributed by atoms with E-state index in [2.05, 4.69) is 12.2 Å². The molecule has 36 heavy (non-hydrogen) atoms. The van der Waals surface area contributed by atoms with Gasteiger partial charge in [-0.05, 0) is 81.1 Å². The first-order valence-electron chi connectivity index (χ1n) is 12.4. The lowest BCUT2D eigenvalue weighted by atomic mass is 9.95. The number of piperidine rings is 1. The maximum Gasteiger partial charge on any atom is 0.259 e. The van der Waals surface area contributed by atoms with Crippen LogP contribution in [0.5, 0.6) is 0 Å². The molecule has 0 spiro atoms. The van der Waals surface area contributed by atoms with Gasteiger partial charge in [0.2, 0.25) is 5.91 Å². The zero-order valence-electron chi connectivity index (χ0n) is 20.9. The molecule has 1 N–H and O–H groups in total. The first kappa shape index (κ1) is 23.6. The summed E-state index contributed by atoms with van der Waals surface area (Å²) < 4.78 is 3.76. The normalized spacial score (nSPS) is 14.1. The van der Waals surface area contributed by atoms with E-state index in [1.165, 1.54) is 5.56 Å². The SMILES string of the molecule is Cc1ccc(NC(=O)C2CCN(C(=O)c3c(C)nn(-c4ccccc4)c3-n3cccc3)CC2)cc1C. The zero-order chi connectivity index (χ0) is 25.2. The molecule has 1 fully saturated rings. The van der Waals surface area contributed by atoms with Crippen LogP contribution in [0.3, 0.4) is 0 Å². The number of nitrogens with zero attached hydrogens (tertiary/aromatic N) is 4. The number of aryl methyl sites for hydroxylation is 3. The number of carbonyl (C=O) groups excluding carboxylic acids is 2. The highest BCUT2D eigenvalue weighted by atomic mass is 16.2. The minimum Gasteiger partial charge on any atom is -0.338 e. The number of benzene rings is 2. The number of hydrogen-bond donors (Lipinski definition) is 1. The quantitative estimate of drug-likeness (QED) is 0.432. The van der Waals surface area contributed by atoms with E-state index in [1.54, 1.807) is 0 Å². The molecule has 1 saturated heterocycles. The molecule has 2 amide bonds. The van der Waals surface area contributed by atoms with Crippen molar-refractivity contribution in [1.82, 2.24) is 19.2 Å². The average molecular weight is 482 g/mol. The number of carbonyl (C=O) groups is 2. The number of aromatic nitrogens is 3. The standard InChI is InChI=1S/C29H31N5O2/c1-20-11-12-24(19-21(20)2)30-27(35)23-13-17-33(18-14-23)29(36)26-22(3)31-34(25-9-5-4-6-10-25)28(26)32-15-7-8-16-32/h4-12,15-16,19,23H,13-14,17-18H2,1-3H3,(H,30,35). The van der Waals surface area contributed by atoms with E-state index in [9.17, 15) is 9.59 Å². The van der Waals surface area contributed by atoms with Gasteiger partial charge >= 0.3 is 0 Å². The van der Waals surface area contributed by atoms with Gasteiger partial charge in [0, 0.05) is 37.1 Å². The van der Waals surface area contributed by atoms with Crippen LogP contribution >= 0.6 is 0 Å². The lowest BCUT2D eigenvalue weighted by Gasteiger charge is -2.31. The molecule has 0 radical (unpaired) electrons. The van der Waals surface area contributed by atoms with Gasteiger partial charge in [0.15, 0.2) is 5.82 Å². The predicted molar refractivity (Wildman–Crippen MR) is 141 cm³/mol. The molecule has 184 valence electrons. The minimum atomic E-state index is -0.118. The molecule has 0 bridgehead atoms. The summed E-state index contributed by atoms with van der Waals surface area (Å²) in [5.41, 5.74) is 5.34. The third-order valence-corrected chi connectivity index (χ3v) is 7.03. The zero-order valence-corrected chi connectivity index (χ0v) is 20.9. The minimum absolute atomic E-state index is 0.0199. The van der Waals surface area contributed by atoms with Crippen molar-refractivity contribution in [3.05, 3.63) is 95.4 Å². The molecule has 2 aromatic carbocycles. The van der Waals surface area contributed by atoms with Crippen LogP contribution in [-0.2, 0) is 4.79 Å².